The number of alkyl halides is 1. The fraction of sp³-hybridized carbons (Fsp3) is 0.636. The van der Waals surface area contributed by atoms with Crippen LogP contribution in [0.1, 0.15) is 19.3 Å². The molecule has 0 saturated heterocycles. The largest absolute Gasteiger partial charge is 0.480 e. The van der Waals surface area contributed by atoms with E-state index in [4.69, 9.17) is 16.3 Å². The van der Waals surface area contributed by atoms with Gasteiger partial charge in [0.15, 0.2) is 0 Å². The molecule has 0 amide bonds. The summed E-state index contributed by atoms with van der Waals surface area (Å²) < 4.78 is 5.02. The molecule has 1 N–H and O–H groups in total. The van der Waals surface area contributed by atoms with Gasteiger partial charge in [0.1, 0.15) is 5.82 Å². The molecule has 4 nitrogen and oxygen atoms in total. The maximum absolute atomic E-state index is 5.78. The molecule has 1 saturated carbocycles. The normalized spacial score (nSPS) is 16.9. The highest BCUT2D eigenvalue weighted by Crippen LogP contribution is 2.48. The molecule has 1 heterocycles. The lowest BCUT2D eigenvalue weighted by Gasteiger charge is -2.14. The molecule has 0 aromatic carbocycles. The van der Waals surface area contributed by atoms with E-state index in [2.05, 4.69) is 15.3 Å². The SMILES string of the molecule is COc1cncc(NCC2(CCCl)CC2)n1. The van der Waals surface area contributed by atoms with Crippen molar-refractivity contribution in [1.29, 1.82) is 0 Å². The van der Waals surface area contributed by atoms with Crippen molar-refractivity contribution in [1.82, 2.24) is 9.97 Å². The van der Waals surface area contributed by atoms with Crippen LogP contribution in [-0.4, -0.2) is 29.5 Å². The Balaban J connectivity index is 1.89. The molecule has 1 aliphatic carbocycles. The lowest BCUT2D eigenvalue weighted by molar-refractivity contribution is 0.396. The first kappa shape index (κ1) is 11.5. The number of ether oxygens (including phenoxy) is 1. The molecule has 0 unspecified atom stereocenters. The molecule has 1 aliphatic rings. The van der Waals surface area contributed by atoms with Gasteiger partial charge in [-0.1, -0.05) is 0 Å². The van der Waals surface area contributed by atoms with Gasteiger partial charge < -0.3 is 10.1 Å². The van der Waals surface area contributed by atoms with Gasteiger partial charge in [0.25, 0.3) is 0 Å². The monoisotopic (exact) mass is 241 g/mol. The highest BCUT2D eigenvalue weighted by atomic mass is 35.5. The standard InChI is InChI=1S/C11H16ClN3O/c1-16-10-7-13-6-9(15-10)14-8-11(2-3-11)4-5-12/h6-7H,2-5,8H2,1H3,(H,14,15). The van der Waals surface area contributed by atoms with Crippen molar-refractivity contribution in [2.75, 3.05) is 24.9 Å². The minimum Gasteiger partial charge on any atom is -0.480 e. The Morgan fingerprint density at radius 3 is 2.94 bits per heavy atom. The van der Waals surface area contributed by atoms with E-state index >= 15 is 0 Å². The van der Waals surface area contributed by atoms with Gasteiger partial charge in [-0.3, -0.25) is 4.98 Å². The van der Waals surface area contributed by atoms with Crippen LogP contribution in [0.15, 0.2) is 12.4 Å². The summed E-state index contributed by atoms with van der Waals surface area (Å²) in [6, 6.07) is 0. The first-order valence-electron chi connectivity index (χ1n) is 5.44. The van der Waals surface area contributed by atoms with E-state index in [-0.39, 0.29) is 0 Å². The summed E-state index contributed by atoms with van der Waals surface area (Å²) >= 11 is 5.78. The Hall–Kier alpha value is -1.03. The summed E-state index contributed by atoms with van der Waals surface area (Å²) in [4.78, 5) is 8.30. The zero-order valence-corrected chi connectivity index (χ0v) is 10.1. The molecule has 0 aliphatic heterocycles. The van der Waals surface area contributed by atoms with Crippen LogP contribution >= 0.6 is 11.6 Å². The summed E-state index contributed by atoms with van der Waals surface area (Å²) in [5.41, 5.74) is 0.395. The van der Waals surface area contributed by atoms with Crippen LogP contribution in [0.4, 0.5) is 5.82 Å². The predicted molar refractivity (Wildman–Crippen MR) is 64.1 cm³/mol. The third kappa shape index (κ3) is 2.76. The predicted octanol–water partition coefficient (Wildman–Crippen LogP) is 2.31. The Labute approximate surface area is 100 Å². The topological polar surface area (TPSA) is 47.0 Å². The van der Waals surface area contributed by atoms with Crippen molar-refractivity contribution in [2.24, 2.45) is 5.41 Å². The zero-order valence-electron chi connectivity index (χ0n) is 9.37. The van der Waals surface area contributed by atoms with Crippen LogP contribution in [0.5, 0.6) is 5.88 Å². The molecular weight excluding hydrogens is 226 g/mol. The number of anilines is 1. The van der Waals surface area contributed by atoms with E-state index in [0.717, 1.165) is 24.7 Å². The minimum atomic E-state index is 0.395. The van der Waals surface area contributed by atoms with Crippen molar-refractivity contribution in [3.05, 3.63) is 12.4 Å². The van der Waals surface area contributed by atoms with Crippen molar-refractivity contribution < 1.29 is 4.74 Å². The number of rotatable bonds is 6. The molecule has 0 atom stereocenters. The van der Waals surface area contributed by atoms with E-state index in [1.807, 2.05) is 0 Å². The van der Waals surface area contributed by atoms with Crippen LogP contribution < -0.4 is 10.1 Å². The van der Waals surface area contributed by atoms with E-state index < -0.39 is 0 Å². The van der Waals surface area contributed by atoms with Gasteiger partial charge in [0.2, 0.25) is 5.88 Å². The van der Waals surface area contributed by atoms with Gasteiger partial charge in [-0.25, -0.2) is 0 Å². The van der Waals surface area contributed by atoms with Crippen molar-refractivity contribution >= 4 is 17.4 Å². The minimum absolute atomic E-state index is 0.395. The molecule has 0 spiro atoms. The third-order valence-corrected chi connectivity index (χ3v) is 3.24. The summed E-state index contributed by atoms with van der Waals surface area (Å²) in [5, 5.41) is 3.29. The molecule has 5 heteroatoms. The molecule has 88 valence electrons. The molecule has 1 fully saturated rings. The number of aromatic nitrogens is 2. The maximum atomic E-state index is 5.78. The van der Waals surface area contributed by atoms with Gasteiger partial charge >= 0.3 is 0 Å². The van der Waals surface area contributed by atoms with Crippen molar-refractivity contribution in [2.45, 2.75) is 19.3 Å². The molecular formula is C11H16ClN3O. The van der Waals surface area contributed by atoms with Gasteiger partial charge in [-0.2, -0.15) is 4.98 Å². The molecule has 1 aromatic rings. The summed E-state index contributed by atoms with van der Waals surface area (Å²) in [6.45, 7) is 0.918. The average molecular weight is 242 g/mol. The maximum Gasteiger partial charge on any atom is 0.233 e. The van der Waals surface area contributed by atoms with E-state index in [1.54, 1.807) is 19.5 Å². The second kappa shape index (κ2) is 4.87. The highest BCUT2D eigenvalue weighted by molar-refractivity contribution is 6.17. The molecule has 2 rings (SSSR count). The number of nitrogens with one attached hydrogen (secondary N) is 1. The summed E-state index contributed by atoms with van der Waals surface area (Å²) in [6.07, 6.45) is 6.88. The first-order valence-corrected chi connectivity index (χ1v) is 5.97. The Kier molecular flexibility index (Phi) is 3.49. The van der Waals surface area contributed by atoms with Crippen LogP contribution in [0.25, 0.3) is 0 Å². The molecule has 1 aromatic heterocycles. The summed E-state index contributed by atoms with van der Waals surface area (Å²) in [7, 11) is 1.59. The van der Waals surface area contributed by atoms with Crippen molar-refractivity contribution in [3.8, 4) is 5.88 Å². The number of methoxy groups -OCH3 is 1. The van der Waals surface area contributed by atoms with E-state index in [9.17, 15) is 0 Å². The van der Waals surface area contributed by atoms with Crippen LogP contribution in [0, 0.1) is 5.41 Å². The van der Waals surface area contributed by atoms with Gasteiger partial charge in [0.05, 0.1) is 19.5 Å². The Morgan fingerprint density at radius 1 is 1.50 bits per heavy atom. The van der Waals surface area contributed by atoms with Crippen LogP contribution in [0.3, 0.4) is 0 Å². The average Bonchev–Trinajstić information content (AvgIpc) is 3.08. The summed E-state index contributed by atoms with van der Waals surface area (Å²) in [5.74, 6) is 2.03. The number of nitrogens with zero attached hydrogens (tertiary/aromatic N) is 2. The van der Waals surface area contributed by atoms with E-state index in [0.29, 0.717) is 11.3 Å². The second-order valence-corrected chi connectivity index (χ2v) is 4.62. The fourth-order valence-corrected chi connectivity index (χ4v) is 2.10. The fourth-order valence-electron chi connectivity index (χ4n) is 1.70. The molecule has 0 bridgehead atoms. The first-order chi connectivity index (χ1) is 7.78. The zero-order chi connectivity index (χ0) is 11.4. The van der Waals surface area contributed by atoms with Gasteiger partial charge in [-0.15, -0.1) is 11.6 Å². The quantitative estimate of drug-likeness (QED) is 0.777. The number of hydrogen-bond donors (Lipinski definition) is 1. The Bertz CT molecular complexity index is 355. The van der Waals surface area contributed by atoms with Crippen LogP contribution in [-0.2, 0) is 0 Å². The smallest absolute Gasteiger partial charge is 0.233 e. The Morgan fingerprint density at radius 2 is 2.31 bits per heavy atom. The van der Waals surface area contributed by atoms with Gasteiger partial charge in [0, 0.05) is 12.4 Å². The lowest BCUT2D eigenvalue weighted by Crippen LogP contribution is -2.16. The number of halogens is 1. The van der Waals surface area contributed by atoms with E-state index in [1.165, 1.54) is 12.8 Å². The molecule has 16 heavy (non-hydrogen) atoms. The lowest BCUT2D eigenvalue weighted by atomic mass is 10.0. The second-order valence-electron chi connectivity index (χ2n) is 4.24. The number of hydrogen-bond acceptors (Lipinski definition) is 4. The highest BCUT2D eigenvalue weighted by Gasteiger charge is 2.41. The van der Waals surface area contributed by atoms with Crippen LogP contribution in [0.2, 0.25) is 0 Å². The van der Waals surface area contributed by atoms with Gasteiger partial charge in [-0.05, 0) is 24.7 Å². The van der Waals surface area contributed by atoms with Crippen molar-refractivity contribution in [3.63, 3.8) is 0 Å². The molecule has 0 radical (unpaired) electrons. The third-order valence-electron chi connectivity index (χ3n) is 3.05.